The average Bonchev–Trinajstić information content (AvgIpc) is 2.93. The van der Waals surface area contributed by atoms with Gasteiger partial charge in [0, 0.05) is 74.8 Å². The Morgan fingerprint density at radius 2 is 1.97 bits per heavy atom. The molecule has 1 N–H and O–H groups in total. The second-order valence-corrected chi connectivity index (χ2v) is 9.28. The molecule has 2 aliphatic rings. The van der Waals surface area contributed by atoms with Gasteiger partial charge in [-0.3, -0.25) is 9.98 Å². The molecule has 3 rings (SSSR count). The zero-order chi connectivity index (χ0) is 27.0. The van der Waals surface area contributed by atoms with E-state index in [1.807, 2.05) is 43.5 Å². The summed E-state index contributed by atoms with van der Waals surface area (Å²) in [6, 6.07) is 8.17. The van der Waals surface area contributed by atoms with Crippen LogP contribution in [0, 0.1) is 18.3 Å². The number of rotatable bonds is 8. The van der Waals surface area contributed by atoms with Gasteiger partial charge in [-0.15, -0.1) is 0 Å². The van der Waals surface area contributed by atoms with Gasteiger partial charge in [-0.25, -0.2) is 0 Å². The van der Waals surface area contributed by atoms with E-state index < -0.39 is 0 Å². The van der Waals surface area contributed by atoms with Crippen LogP contribution in [-0.2, 0) is 0 Å². The minimum atomic E-state index is 0.717. The number of nitrogens with one attached hydrogen (secondary N) is 1. The van der Waals surface area contributed by atoms with Crippen molar-refractivity contribution in [3.63, 3.8) is 0 Å². The van der Waals surface area contributed by atoms with Gasteiger partial charge in [0.1, 0.15) is 0 Å². The molecule has 1 fully saturated rings. The first kappa shape index (κ1) is 29.8. The SMILES string of the molecule is CC/C=C/N=C(C(=C\CCC)/C1=CC(C#N)=CCN1C)/C(C)=C(\C)N1CCNCC1.Cc1ccccn1. The Hall–Kier alpha value is -3.43. The van der Waals surface area contributed by atoms with Crippen molar-refractivity contribution < 1.29 is 0 Å². The zero-order valence-corrected chi connectivity index (χ0v) is 23.6. The number of piperazine rings is 1. The van der Waals surface area contributed by atoms with E-state index in [4.69, 9.17) is 4.99 Å². The molecule has 0 atom stereocenters. The number of nitriles is 1. The molecule has 0 aliphatic carbocycles. The number of unbranched alkanes of at least 4 members (excludes halogenated alkanes) is 1. The molecule has 0 radical (unpaired) electrons. The maximum absolute atomic E-state index is 9.47. The Labute approximate surface area is 224 Å². The summed E-state index contributed by atoms with van der Waals surface area (Å²) in [6.07, 6.45) is 15.1. The van der Waals surface area contributed by atoms with Crippen LogP contribution in [0.15, 0.2) is 88.0 Å². The van der Waals surface area contributed by atoms with Crippen LogP contribution in [0.5, 0.6) is 0 Å². The van der Waals surface area contributed by atoms with Crippen LogP contribution in [0.1, 0.15) is 52.7 Å². The van der Waals surface area contributed by atoms with E-state index in [0.29, 0.717) is 0 Å². The number of hydrogen-bond donors (Lipinski definition) is 1. The molecule has 0 bridgehead atoms. The maximum atomic E-state index is 9.47. The number of aromatic nitrogens is 1. The molecule has 6 nitrogen and oxygen atoms in total. The maximum Gasteiger partial charge on any atom is 0.0989 e. The Bertz CT molecular complexity index is 1080. The highest BCUT2D eigenvalue weighted by Gasteiger charge is 2.22. The smallest absolute Gasteiger partial charge is 0.0989 e. The fourth-order valence-corrected chi connectivity index (χ4v) is 4.08. The van der Waals surface area contributed by atoms with E-state index in [9.17, 15) is 5.26 Å². The fraction of sp³-hybridized carbons (Fsp3) is 0.452. The standard InChI is InChI=1S/C25H37N5.C6H7N/c1-6-8-10-23(24-18-22(19-26)11-15-29(24)5)25(28-12-9-7-2)20(3)21(4)30-16-13-27-14-17-30;1-6-4-2-3-5-7-6/h9-12,18,27H,6-8,13-17H2,1-5H3;2-5H,1H3/b12-9+,21-20+,23-10-,28-25-;. The van der Waals surface area contributed by atoms with Crippen LogP contribution in [-0.4, -0.2) is 60.3 Å². The van der Waals surface area contributed by atoms with Gasteiger partial charge in [0.15, 0.2) is 0 Å². The van der Waals surface area contributed by atoms with Gasteiger partial charge in [0.05, 0.1) is 17.4 Å². The van der Waals surface area contributed by atoms with E-state index in [1.54, 1.807) is 6.20 Å². The first-order chi connectivity index (χ1) is 17.9. The van der Waals surface area contributed by atoms with Gasteiger partial charge in [0.25, 0.3) is 0 Å². The predicted molar refractivity (Wildman–Crippen MR) is 156 cm³/mol. The zero-order valence-electron chi connectivity index (χ0n) is 23.6. The molecule has 198 valence electrons. The molecule has 0 unspecified atom stereocenters. The Morgan fingerprint density at radius 3 is 2.54 bits per heavy atom. The highest BCUT2D eigenvalue weighted by atomic mass is 15.2. The van der Waals surface area contributed by atoms with Gasteiger partial charge in [-0.1, -0.05) is 38.5 Å². The number of nitrogens with zero attached hydrogens (tertiary/aromatic N) is 5. The molecule has 2 aliphatic heterocycles. The Morgan fingerprint density at radius 1 is 1.22 bits per heavy atom. The molecule has 1 aromatic heterocycles. The third-order valence-corrected chi connectivity index (χ3v) is 6.43. The number of aryl methyl sites for hydroxylation is 1. The van der Waals surface area contributed by atoms with Crippen LogP contribution in [0.4, 0.5) is 0 Å². The first-order valence-corrected chi connectivity index (χ1v) is 13.4. The molecule has 1 saturated heterocycles. The lowest BCUT2D eigenvalue weighted by molar-refractivity contribution is 0.298. The second-order valence-electron chi connectivity index (χ2n) is 9.28. The third-order valence-electron chi connectivity index (χ3n) is 6.43. The van der Waals surface area contributed by atoms with Crippen LogP contribution < -0.4 is 5.32 Å². The molecule has 0 amide bonds. The average molecular weight is 501 g/mol. The number of allylic oxidation sites excluding steroid dienone is 7. The molecule has 0 spiro atoms. The molecular formula is C31H44N6. The van der Waals surface area contributed by atoms with Crippen molar-refractivity contribution in [1.29, 1.82) is 5.26 Å². The molecular weight excluding hydrogens is 456 g/mol. The van der Waals surface area contributed by atoms with Crippen LogP contribution in [0.2, 0.25) is 0 Å². The first-order valence-electron chi connectivity index (χ1n) is 13.4. The summed E-state index contributed by atoms with van der Waals surface area (Å²) in [5.41, 5.74) is 7.45. The monoisotopic (exact) mass is 500 g/mol. The summed E-state index contributed by atoms with van der Waals surface area (Å²) in [5, 5.41) is 12.9. The predicted octanol–water partition coefficient (Wildman–Crippen LogP) is 5.95. The Kier molecular flexibility index (Phi) is 13.2. The van der Waals surface area contributed by atoms with E-state index in [0.717, 1.165) is 80.2 Å². The van der Waals surface area contributed by atoms with E-state index in [1.165, 1.54) is 11.3 Å². The fourth-order valence-electron chi connectivity index (χ4n) is 4.08. The lowest BCUT2D eigenvalue weighted by Gasteiger charge is -2.32. The van der Waals surface area contributed by atoms with Crippen LogP contribution in [0.25, 0.3) is 0 Å². The van der Waals surface area contributed by atoms with Crippen LogP contribution >= 0.6 is 0 Å². The van der Waals surface area contributed by atoms with Gasteiger partial charge in [-0.05, 0) is 63.5 Å². The van der Waals surface area contributed by atoms with Gasteiger partial charge < -0.3 is 15.1 Å². The molecule has 0 saturated carbocycles. The van der Waals surface area contributed by atoms with Crippen molar-refractivity contribution in [1.82, 2.24) is 20.1 Å². The molecule has 37 heavy (non-hydrogen) atoms. The van der Waals surface area contributed by atoms with Crippen molar-refractivity contribution in [2.24, 2.45) is 4.99 Å². The number of aliphatic imine (C=N–C) groups is 1. The minimum Gasteiger partial charge on any atom is -0.372 e. The molecule has 6 heteroatoms. The quantitative estimate of drug-likeness (QED) is 0.447. The van der Waals surface area contributed by atoms with Crippen molar-refractivity contribution in [3.05, 3.63) is 88.7 Å². The van der Waals surface area contributed by atoms with Crippen molar-refractivity contribution in [2.45, 2.75) is 53.9 Å². The highest BCUT2D eigenvalue weighted by molar-refractivity contribution is 6.15. The summed E-state index contributed by atoms with van der Waals surface area (Å²) in [6.45, 7) is 15.4. The Balaban J connectivity index is 0.000000591. The van der Waals surface area contributed by atoms with Gasteiger partial charge in [-0.2, -0.15) is 5.26 Å². The van der Waals surface area contributed by atoms with Crippen LogP contribution in [0.3, 0.4) is 0 Å². The molecule has 1 aromatic rings. The number of pyridine rings is 1. The second kappa shape index (κ2) is 16.3. The number of likely N-dealkylation sites (N-methyl/N-ethyl adjacent to an activating group) is 1. The van der Waals surface area contributed by atoms with Gasteiger partial charge in [0.2, 0.25) is 0 Å². The largest absolute Gasteiger partial charge is 0.372 e. The van der Waals surface area contributed by atoms with Gasteiger partial charge >= 0.3 is 0 Å². The summed E-state index contributed by atoms with van der Waals surface area (Å²) < 4.78 is 0. The van der Waals surface area contributed by atoms with Crippen molar-refractivity contribution >= 4 is 5.71 Å². The lowest BCUT2D eigenvalue weighted by atomic mass is 9.94. The topological polar surface area (TPSA) is 67.6 Å². The highest BCUT2D eigenvalue weighted by Crippen LogP contribution is 2.27. The molecule has 3 heterocycles. The summed E-state index contributed by atoms with van der Waals surface area (Å²) >= 11 is 0. The van der Waals surface area contributed by atoms with Crippen molar-refractivity contribution in [3.8, 4) is 6.07 Å². The van der Waals surface area contributed by atoms with E-state index >= 15 is 0 Å². The normalized spacial score (nSPS) is 17.4. The third kappa shape index (κ3) is 9.51. The minimum absolute atomic E-state index is 0.717. The molecule has 0 aromatic carbocycles. The summed E-state index contributed by atoms with van der Waals surface area (Å²) in [5.74, 6) is 0. The van der Waals surface area contributed by atoms with E-state index in [2.05, 4.69) is 73.1 Å². The summed E-state index contributed by atoms with van der Waals surface area (Å²) in [7, 11) is 2.08. The van der Waals surface area contributed by atoms with E-state index in [-0.39, 0.29) is 0 Å². The number of hydrogen-bond acceptors (Lipinski definition) is 6. The summed E-state index contributed by atoms with van der Waals surface area (Å²) in [4.78, 5) is 13.6. The van der Waals surface area contributed by atoms with Crippen molar-refractivity contribution in [2.75, 3.05) is 39.8 Å². The lowest BCUT2D eigenvalue weighted by Crippen LogP contribution is -2.43.